The van der Waals surface area contributed by atoms with Crippen LogP contribution in [-0.2, 0) is 6.54 Å². The molecule has 1 rings (SSSR count). The smallest absolute Gasteiger partial charge is 0.394 e. The number of nitrogens with two attached hydrogens (primary N) is 1. The lowest BCUT2D eigenvalue weighted by molar-refractivity contribution is -0.141. The van der Waals surface area contributed by atoms with Crippen molar-refractivity contribution in [2.45, 2.75) is 12.7 Å². The minimum absolute atomic E-state index is 0.188. The molecule has 0 radical (unpaired) electrons. The fourth-order valence-electron chi connectivity index (χ4n) is 0.873. The predicted octanol–water partition coefficient (Wildman–Crippen LogP) is 0.993. The molecule has 2 N–H and O–H groups in total. The average Bonchev–Trinajstić information content (AvgIpc) is 1.96. The Morgan fingerprint density at radius 3 is 2.62 bits per heavy atom. The molecule has 0 unspecified atom stereocenters. The Hall–Kier alpha value is -1.46. The molecule has 72 valence electrons. The van der Waals surface area contributed by atoms with Gasteiger partial charge >= 0.3 is 6.18 Å². The minimum Gasteiger partial charge on any atom is -0.394 e. The van der Waals surface area contributed by atoms with Crippen molar-refractivity contribution in [2.24, 2.45) is 0 Å². The Balaban J connectivity index is 3.03. The first-order valence-corrected chi connectivity index (χ1v) is 3.42. The Labute approximate surface area is 71.6 Å². The van der Waals surface area contributed by atoms with E-state index in [-0.39, 0.29) is 5.69 Å². The highest BCUT2D eigenvalue weighted by Crippen LogP contribution is 2.16. The van der Waals surface area contributed by atoms with Crippen LogP contribution < -0.4 is 11.3 Å². The van der Waals surface area contributed by atoms with Crippen LogP contribution in [-0.4, -0.2) is 10.7 Å². The van der Waals surface area contributed by atoms with E-state index in [1.54, 1.807) is 0 Å². The van der Waals surface area contributed by atoms with Gasteiger partial charge in [0.2, 0.25) is 0 Å². The molecular weight excluding hydrogens is 185 g/mol. The molecule has 1 aromatic heterocycles. The maximum atomic E-state index is 11.9. The first-order chi connectivity index (χ1) is 5.90. The third kappa shape index (κ3) is 2.50. The lowest BCUT2D eigenvalue weighted by Crippen LogP contribution is -2.28. The average molecular weight is 192 g/mol. The number of pyridine rings is 1. The number of hydrogen-bond donors (Lipinski definition) is 1. The van der Waals surface area contributed by atoms with E-state index in [4.69, 9.17) is 5.73 Å². The van der Waals surface area contributed by atoms with E-state index in [2.05, 4.69) is 0 Å². The molecule has 0 atom stereocenters. The molecule has 0 saturated heterocycles. The largest absolute Gasteiger partial charge is 0.406 e. The van der Waals surface area contributed by atoms with Crippen LogP contribution in [0.1, 0.15) is 0 Å². The van der Waals surface area contributed by atoms with Crippen LogP contribution in [0.3, 0.4) is 0 Å². The van der Waals surface area contributed by atoms with Crippen molar-refractivity contribution >= 4 is 5.69 Å². The van der Waals surface area contributed by atoms with Gasteiger partial charge in [0.1, 0.15) is 6.54 Å². The number of alkyl halides is 3. The van der Waals surface area contributed by atoms with Crippen molar-refractivity contribution in [3.8, 4) is 0 Å². The van der Waals surface area contributed by atoms with Crippen LogP contribution in [0, 0.1) is 0 Å². The van der Waals surface area contributed by atoms with E-state index >= 15 is 0 Å². The Kier molecular flexibility index (Phi) is 2.31. The van der Waals surface area contributed by atoms with Gasteiger partial charge in [-0.1, -0.05) is 0 Å². The molecule has 1 heterocycles. The third-order valence-electron chi connectivity index (χ3n) is 1.40. The minimum atomic E-state index is -4.41. The van der Waals surface area contributed by atoms with E-state index in [0.717, 1.165) is 6.20 Å². The summed E-state index contributed by atoms with van der Waals surface area (Å²) < 4.78 is 36.1. The van der Waals surface area contributed by atoms with Crippen molar-refractivity contribution in [1.82, 2.24) is 4.57 Å². The summed E-state index contributed by atoms with van der Waals surface area (Å²) >= 11 is 0. The van der Waals surface area contributed by atoms with E-state index in [1.807, 2.05) is 0 Å². The molecule has 0 aliphatic rings. The van der Waals surface area contributed by atoms with Gasteiger partial charge in [-0.15, -0.1) is 0 Å². The Bertz CT molecular complexity index is 355. The summed E-state index contributed by atoms with van der Waals surface area (Å²) in [6, 6.07) is 2.55. The van der Waals surface area contributed by atoms with Crippen LogP contribution in [0.15, 0.2) is 23.1 Å². The predicted molar refractivity (Wildman–Crippen MR) is 41.2 cm³/mol. The van der Waals surface area contributed by atoms with Crippen molar-refractivity contribution in [2.75, 3.05) is 5.73 Å². The van der Waals surface area contributed by atoms with Crippen molar-refractivity contribution in [3.05, 3.63) is 28.7 Å². The summed E-state index contributed by atoms with van der Waals surface area (Å²) in [7, 11) is 0. The van der Waals surface area contributed by atoms with Gasteiger partial charge < -0.3 is 10.3 Å². The molecular formula is C7H7F3N2O. The van der Waals surface area contributed by atoms with E-state index in [1.165, 1.54) is 12.1 Å². The summed E-state index contributed by atoms with van der Waals surface area (Å²) in [5, 5.41) is 0. The van der Waals surface area contributed by atoms with Crippen LogP contribution in [0.4, 0.5) is 18.9 Å². The number of hydrogen-bond acceptors (Lipinski definition) is 2. The molecule has 0 amide bonds. The molecule has 0 fully saturated rings. The molecule has 0 aliphatic carbocycles. The normalized spacial score (nSPS) is 11.6. The fourth-order valence-corrected chi connectivity index (χ4v) is 0.873. The third-order valence-corrected chi connectivity index (χ3v) is 1.40. The summed E-state index contributed by atoms with van der Waals surface area (Å²) in [5.41, 5.74) is 4.13. The highest BCUT2D eigenvalue weighted by molar-refractivity contribution is 5.33. The highest BCUT2D eigenvalue weighted by Gasteiger charge is 2.28. The topological polar surface area (TPSA) is 48.0 Å². The van der Waals surface area contributed by atoms with E-state index in [9.17, 15) is 18.0 Å². The second kappa shape index (κ2) is 3.12. The molecule has 0 aliphatic heterocycles. The first kappa shape index (κ1) is 9.63. The van der Waals surface area contributed by atoms with Crippen molar-refractivity contribution in [3.63, 3.8) is 0 Å². The molecule has 0 aromatic carbocycles. The first-order valence-electron chi connectivity index (χ1n) is 3.42. The van der Waals surface area contributed by atoms with Gasteiger partial charge in [0.15, 0.2) is 0 Å². The second-order valence-electron chi connectivity index (χ2n) is 2.51. The molecule has 13 heavy (non-hydrogen) atoms. The summed E-state index contributed by atoms with van der Waals surface area (Å²) in [6.45, 7) is -1.31. The lowest BCUT2D eigenvalue weighted by atomic mass is 10.4. The number of anilines is 1. The number of rotatable bonds is 1. The van der Waals surface area contributed by atoms with Crippen LogP contribution in [0.25, 0.3) is 0 Å². The molecule has 0 spiro atoms. The van der Waals surface area contributed by atoms with Gasteiger partial charge in [0.25, 0.3) is 5.56 Å². The van der Waals surface area contributed by atoms with Crippen molar-refractivity contribution < 1.29 is 13.2 Å². The lowest BCUT2D eigenvalue weighted by Gasteiger charge is -2.08. The number of aromatic nitrogens is 1. The Morgan fingerprint density at radius 1 is 1.46 bits per heavy atom. The molecule has 1 aromatic rings. The second-order valence-corrected chi connectivity index (χ2v) is 2.51. The van der Waals surface area contributed by atoms with E-state index < -0.39 is 18.3 Å². The Morgan fingerprint density at radius 2 is 2.08 bits per heavy atom. The maximum Gasteiger partial charge on any atom is 0.406 e. The molecule has 0 saturated carbocycles. The molecule has 0 bridgehead atoms. The number of nitrogens with zero attached hydrogens (tertiary/aromatic N) is 1. The SMILES string of the molecule is Nc1cccn(CC(F)(F)F)c1=O. The van der Waals surface area contributed by atoms with Gasteiger partial charge in [-0.2, -0.15) is 13.2 Å². The maximum absolute atomic E-state index is 11.9. The summed E-state index contributed by atoms with van der Waals surface area (Å²) in [4.78, 5) is 11.0. The summed E-state index contributed by atoms with van der Waals surface area (Å²) in [5.74, 6) is 0. The van der Waals surface area contributed by atoms with Gasteiger partial charge in [-0.25, -0.2) is 0 Å². The number of halogens is 3. The zero-order valence-corrected chi connectivity index (χ0v) is 6.51. The fraction of sp³-hybridized carbons (Fsp3) is 0.286. The van der Waals surface area contributed by atoms with Gasteiger partial charge in [0.05, 0.1) is 5.69 Å². The van der Waals surface area contributed by atoms with Crippen LogP contribution in [0.5, 0.6) is 0 Å². The van der Waals surface area contributed by atoms with Crippen molar-refractivity contribution in [1.29, 1.82) is 0 Å². The van der Waals surface area contributed by atoms with Crippen LogP contribution >= 0.6 is 0 Å². The zero-order chi connectivity index (χ0) is 10.1. The quantitative estimate of drug-likeness (QED) is 0.721. The number of nitrogen functional groups attached to an aromatic ring is 1. The monoisotopic (exact) mass is 192 g/mol. The zero-order valence-electron chi connectivity index (χ0n) is 6.51. The standard InChI is InChI=1S/C7H7F3N2O/c8-7(9,10)4-12-3-1-2-5(11)6(12)13/h1-3H,4,11H2. The van der Waals surface area contributed by atoms with Crippen LogP contribution in [0.2, 0.25) is 0 Å². The van der Waals surface area contributed by atoms with Gasteiger partial charge in [-0.05, 0) is 12.1 Å². The van der Waals surface area contributed by atoms with Gasteiger partial charge in [0, 0.05) is 6.20 Å². The summed E-state index contributed by atoms with van der Waals surface area (Å²) in [6.07, 6.45) is -3.36. The van der Waals surface area contributed by atoms with Gasteiger partial charge in [-0.3, -0.25) is 4.79 Å². The molecule has 6 heteroatoms. The highest BCUT2D eigenvalue weighted by atomic mass is 19.4. The molecule has 3 nitrogen and oxygen atoms in total. The van der Waals surface area contributed by atoms with E-state index in [0.29, 0.717) is 4.57 Å².